The van der Waals surface area contributed by atoms with E-state index in [1.54, 1.807) is 85.5 Å². The highest BCUT2D eigenvalue weighted by Gasteiger charge is 2.40. The molecule has 4 atom stereocenters. The highest BCUT2D eigenvalue weighted by Crippen LogP contribution is 2.33. The van der Waals surface area contributed by atoms with Crippen molar-refractivity contribution in [3.05, 3.63) is 120 Å². The van der Waals surface area contributed by atoms with Crippen LogP contribution in [0.4, 0.5) is 20.6 Å². The fraction of sp³-hybridized carbons (Fsp3) is 0.326. The van der Waals surface area contributed by atoms with Crippen LogP contribution in [-0.4, -0.2) is 94.8 Å². The second kappa shape index (κ2) is 18.2. The molecule has 7 rings (SSSR count). The largest absolute Gasteiger partial charge is 0.447 e. The molecule has 0 spiro atoms. The van der Waals surface area contributed by atoms with Gasteiger partial charge in [0.25, 0.3) is 5.91 Å². The van der Waals surface area contributed by atoms with E-state index in [-0.39, 0.29) is 34.9 Å². The first-order valence-electron chi connectivity index (χ1n) is 20.3. The minimum absolute atomic E-state index is 0.145. The fourth-order valence-electron chi connectivity index (χ4n) is 8.13. The zero-order valence-electron chi connectivity index (χ0n) is 34.1. The van der Waals surface area contributed by atoms with Gasteiger partial charge in [-0.05, 0) is 95.1 Å². The van der Waals surface area contributed by atoms with Crippen molar-refractivity contribution in [1.82, 2.24) is 25.0 Å². The number of ether oxygens (including phenoxy) is 1. The summed E-state index contributed by atoms with van der Waals surface area (Å²) in [7, 11) is 3.69. The van der Waals surface area contributed by atoms with Crippen LogP contribution in [0.25, 0.3) is 22.2 Å². The normalized spacial score (nSPS) is 17.4. The number of amides is 5. The van der Waals surface area contributed by atoms with Crippen LogP contribution in [0.5, 0.6) is 0 Å². The fourth-order valence-corrected chi connectivity index (χ4v) is 8.13. The Kier molecular flexibility index (Phi) is 12.6. The molecule has 5 amide bonds. The van der Waals surface area contributed by atoms with Gasteiger partial charge in [-0.2, -0.15) is 0 Å². The van der Waals surface area contributed by atoms with Gasteiger partial charge in [0.05, 0.1) is 11.8 Å². The first-order valence-corrected chi connectivity index (χ1v) is 20.3. The number of likely N-dealkylation sites (N-methyl/N-ethyl adjacent to an activating group) is 1. The molecule has 60 heavy (non-hydrogen) atoms. The first-order chi connectivity index (χ1) is 28.9. The number of aromatic nitrogens is 1. The summed E-state index contributed by atoms with van der Waals surface area (Å²) in [5.41, 5.74) is 3.57. The van der Waals surface area contributed by atoms with Crippen LogP contribution in [0.3, 0.4) is 0 Å². The van der Waals surface area contributed by atoms with Crippen LogP contribution in [0.15, 0.2) is 103 Å². The maximum absolute atomic E-state index is 16.0. The Morgan fingerprint density at radius 3 is 1.87 bits per heavy atom. The standard InChI is InChI=1S/C46H50FN7O6/c1-28(2)60-46(59)51-40(29-13-7-5-8-14-29)44(57)53-25-11-17-36(53)42(55)48-32-21-19-30(20-22-32)39-38(47)34-27-33(23-24-35(34)50-39)49-43(56)37-18-12-26-54(37)45(58)41(52(3)4)31-15-9-6-10-16-31/h5-10,13-16,19-24,27-28,36-37,40-41,50H,11-12,17-18,25-26H2,1-4H3,(H,48,55)(H,49,56)(H,51,59)/t36-,37-,40+,41-/m0/s1. The number of alkyl carbamates (subject to hydrolysis) is 1. The average molecular weight is 816 g/mol. The molecule has 2 fully saturated rings. The van der Waals surface area contributed by atoms with E-state index in [2.05, 4.69) is 20.9 Å². The number of carbonyl (C=O) groups excluding carboxylic acids is 5. The molecule has 4 aromatic carbocycles. The summed E-state index contributed by atoms with van der Waals surface area (Å²) in [6.07, 6.45) is 1.15. The number of hydrogen-bond acceptors (Lipinski definition) is 7. The topological polar surface area (TPSA) is 156 Å². The van der Waals surface area contributed by atoms with E-state index in [0.717, 1.165) is 5.56 Å². The van der Waals surface area contributed by atoms with Gasteiger partial charge in [-0.1, -0.05) is 72.8 Å². The van der Waals surface area contributed by atoms with Crippen LogP contribution in [0.2, 0.25) is 0 Å². The van der Waals surface area contributed by atoms with E-state index >= 15 is 4.39 Å². The van der Waals surface area contributed by atoms with E-state index in [0.29, 0.717) is 66.8 Å². The lowest BCUT2D eigenvalue weighted by molar-refractivity contribution is -0.140. The van der Waals surface area contributed by atoms with Gasteiger partial charge < -0.3 is 35.5 Å². The Morgan fingerprint density at radius 1 is 0.733 bits per heavy atom. The molecule has 0 bridgehead atoms. The number of benzene rings is 4. The molecule has 0 radical (unpaired) electrons. The minimum atomic E-state index is -1.04. The molecule has 13 nitrogen and oxygen atoms in total. The smallest absolute Gasteiger partial charge is 0.408 e. The highest BCUT2D eigenvalue weighted by atomic mass is 19.1. The third kappa shape index (κ3) is 9.03. The molecule has 2 aliphatic rings. The molecular weight excluding hydrogens is 766 g/mol. The number of H-pyrrole nitrogens is 1. The summed E-state index contributed by atoms with van der Waals surface area (Å²) < 4.78 is 21.3. The van der Waals surface area contributed by atoms with E-state index in [1.165, 1.54) is 4.90 Å². The summed E-state index contributed by atoms with van der Waals surface area (Å²) >= 11 is 0. The van der Waals surface area contributed by atoms with E-state index in [9.17, 15) is 24.0 Å². The number of halogens is 1. The van der Waals surface area contributed by atoms with Gasteiger partial charge in [-0.15, -0.1) is 0 Å². The van der Waals surface area contributed by atoms with Crippen LogP contribution >= 0.6 is 0 Å². The van der Waals surface area contributed by atoms with Gasteiger partial charge in [0.2, 0.25) is 17.7 Å². The van der Waals surface area contributed by atoms with Crippen molar-refractivity contribution in [2.75, 3.05) is 37.8 Å². The number of fused-ring (bicyclic) bond motifs is 1. The van der Waals surface area contributed by atoms with Crippen molar-refractivity contribution in [1.29, 1.82) is 0 Å². The second-order valence-corrected chi connectivity index (χ2v) is 15.7. The van der Waals surface area contributed by atoms with Crippen molar-refractivity contribution in [2.45, 2.75) is 69.8 Å². The number of hydrogen-bond donors (Lipinski definition) is 4. The van der Waals surface area contributed by atoms with Gasteiger partial charge in [0.15, 0.2) is 5.82 Å². The summed E-state index contributed by atoms with van der Waals surface area (Å²) in [5.74, 6) is -1.78. The second-order valence-electron chi connectivity index (χ2n) is 15.7. The number of carbonyl (C=O) groups is 5. The first kappa shape index (κ1) is 41.6. The summed E-state index contributed by atoms with van der Waals surface area (Å²) in [6, 6.07) is 26.9. The molecular formula is C46H50FN7O6. The monoisotopic (exact) mass is 815 g/mol. The van der Waals surface area contributed by atoms with Gasteiger partial charge in [-0.25, -0.2) is 9.18 Å². The van der Waals surface area contributed by atoms with Crippen molar-refractivity contribution in [2.24, 2.45) is 0 Å². The lowest BCUT2D eigenvalue weighted by Crippen LogP contribution is -2.48. The molecule has 1 aromatic heterocycles. The third-order valence-corrected chi connectivity index (χ3v) is 11.0. The predicted molar refractivity (Wildman–Crippen MR) is 227 cm³/mol. The number of anilines is 2. The highest BCUT2D eigenvalue weighted by molar-refractivity contribution is 6.01. The van der Waals surface area contributed by atoms with Crippen molar-refractivity contribution in [3.8, 4) is 11.3 Å². The number of aromatic amines is 1. The van der Waals surface area contributed by atoms with Crippen molar-refractivity contribution < 1.29 is 33.1 Å². The van der Waals surface area contributed by atoms with Crippen LogP contribution in [0, 0.1) is 5.82 Å². The van der Waals surface area contributed by atoms with Crippen molar-refractivity contribution >= 4 is 52.0 Å². The number of nitrogens with one attached hydrogen (secondary N) is 4. The predicted octanol–water partition coefficient (Wildman–Crippen LogP) is 7.01. The Morgan fingerprint density at radius 2 is 1.28 bits per heavy atom. The molecule has 2 aliphatic heterocycles. The van der Waals surface area contributed by atoms with E-state index in [1.807, 2.05) is 55.4 Å². The average Bonchev–Trinajstić information content (AvgIpc) is 4.00. The summed E-state index contributed by atoms with van der Waals surface area (Å²) in [5, 5.41) is 8.77. The summed E-state index contributed by atoms with van der Waals surface area (Å²) in [6.45, 7) is 4.24. The molecule has 4 N–H and O–H groups in total. The Labute approximate surface area is 348 Å². The van der Waals surface area contributed by atoms with Gasteiger partial charge in [0.1, 0.15) is 24.2 Å². The van der Waals surface area contributed by atoms with Gasteiger partial charge >= 0.3 is 6.09 Å². The molecule has 312 valence electrons. The lowest BCUT2D eigenvalue weighted by atomic mass is 10.0. The molecule has 3 heterocycles. The molecule has 0 saturated carbocycles. The lowest BCUT2D eigenvalue weighted by Gasteiger charge is -2.31. The Balaban J connectivity index is 1.01. The minimum Gasteiger partial charge on any atom is -0.447 e. The molecule has 0 aliphatic carbocycles. The van der Waals surface area contributed by atoms with Crippen molar-refractivity contribution in [3.63, 3.8) is 0 Å². The molecule has 0 unspecified atom stereocenters. The number of likely N-dealkylation sites (tertiary alicyclic amines) is 2. The number of rotatable bonds is 12. The van der Waals surface area contributed by atoms with Crippen LogP contribution in [-0.2, 0) is 23.9 Å². The van der Waals surface area contributed by atoms with Gasteiger partial charge in [0, 0.05) is 40.9 Å². The third-order valence-electron chi connectivity index (χ3n) is 11.0. The zero-order chi connectivity index (χ0) is 42.5. The van der Waals surface area contributed by atoms with Crippen LogP contribution < -0.4 is 16.0 Å². The number of nitrogens with zero attached hydrogens (tertiary/aromatic N) is 3. The molecule has 14 heteroatoms. The van der Waals surface area contributed by atoms with E-state index in [4.69, 9.17) is 4.74 Å². The molecule has 5 aromatic rings. The zero-order valence-corrected chi connectivity index (χ0v) is 34.1. The van der Waals surface area contributed by atoms with E-state index < -0.39 is 42.0 Å². The maximum atomic E-state index is 16.0. The molecule has 2 saturated heterocycles. The van der Waals surface area contributed by atoms with Crippen LogP contribution in [0.1, 0.15) is 62.7 Å². The quantitative estimate of drug-likeness (QED) is 0.106. The summed E-state index contributed by atoms with van der Waals surface area (Å²) in [4.78, 5) is 75.6. The van der Waals surface area contributed by atoms with Gasteiger partial charge in [-0.3, -0.25) is 24.1 Å². The SMILES string of the molecule is CC(C)OC(=O)N[C@@H](C(=O)N1CCC[C@H]1C(=O)Nc1ccc(-c2[nH]c3ccc(NC(=O)[C@@H]4CCCN4C(=O)[C@H](c4ccccc4)N(C)C)cc3c2F)cc1)c1ccccc1. The maximum Gasteiger partial charge on any atom is 0.408 e. The Hall–Kier alpha value is -6.54. The Bertz CT molecular complexity index is 2350.